The molecular formula is C13H19N. The van der Waals surface area contributed by atoms with Gasteiger partial charge in [0, 0.05) is 6.54 Å². The van der Waals surface area contributed by atoms with E-state index in [1.54, 1.807) is 0 Å². The van der Waals surface area contributed by atoms with Crippen LogP contribution in [0.4, 0.5) is 0 Å². The number of rotatable bonds is 2. The second-order valence-corrected chi connectivity index (χ2v) is 4.46. The highest BCUT2D eigenvalue weighted by atomic mass is 15.1. The first-order chi connectivity index (χ1) is 6.84. The van der Waals surface area contributed by atoms with Crippen LogP contribution in [0.25, 0.3) is 0 Å². The first-order valence-corrected chi connectivity index (χ1v) is 5.57. The summed E-state index contributed by atoms with van der Waals surface area (Å²) < 4.78 is 0. The molecule has 14 heavy (non-hydrogen) atoms. The molecule has 0 N–H and O–H groups in total. The number of likely N-dealkylation sites (tertiary alicyclic amines) is 1. The van der Waals surface area contributed by atoms with Crippen LogP contribution >= 0.6 is 0 Å². The topological polar surface area (TPSA) is 3.24 Å². The van der Waals surface area contributed by atoms with Gasteiger partial charge in [0.15, 0.2) is 0 Å². The zero-order chi connectivity index (χ0) is 9.80. The fourth-order valence-corrected chi connectivity index (χ4v) is 2.39. The summed E-state index contributed by atoms with van der Waals surface area (Å²) >= 11 is 0. The fourth-order valence-electron chi connectivity index (χ4n) is 2.39. The minimum Gasteiger partial charge on any atom is -0.306 e. The van der Waals surface area contributed by atoms with Crippen LogP contribution in [0.5, 0.6) is 0 Å². The third-order valence-corrected chi connectivity index (χ3v) is 3.09. The number of nitrogens with zero attached hydrogens (tertiary/aromatic N) is 1. The number of hydrogen-bond donors (Lipinski definition) is 0. The van der Waals surface area contributed by atoms with Crippen molar-refractivity contribution in [1.82, 2.24) is 4.90 Å². The third-order valence-electron chi connectivity index (χ3n) is 3.09. The van der Waals surface area contributed by atoms with E-state index < -0.39 is 0 Å². The van der Waals surface area contributed by atoms with Crippen LogP contribution in [0, 0.1) is 5.92 Å². The number of benzene rings is 1. The molecule has 0 spiro atoms. The van der Waals surface area contributed by atoms with Gasteiger partial charge in [0.2, 0.25) is 0 Å². The van der Waals surface area contributed by atoms with E-state index in [2.05, 4.69) is 42.3 Å². The molecule has 1 saturated heterocycles. The molecule has 1 aromatic carbocycles. The second kappa shape index (κ2) is 4.61. The Bertz CT molecular complexity index is 268. The van der Waals surface area contributed by atoms with Gasteiger partial charge in [-0.05, 0) is 44.3 Å². The van der Waals surface area contributed by atoms with Crippen molar-refractivity contribution < 1.29 is 0 Å². The van der Waals surface area contributed by atoms with Crippen LogP contribution < -0.4 is 0 Å². The molecule has 0 saturated carbocycles. The van der Waals surface area contributed by atoms with Gasteiger partial charge in [-0.25, -0.2) is 0 Å². The summed E-state index contributed by atoms with van der Waals surface area (Å²) in [6, 6.07) is 10.9. The fraction of sp³-hybridized carbons (Fsp3) is 0.538. The Morgan fingerprint density at radius 2 is 2.07 bits per heavy atom. The lowest BCUT2D eigenvalue weighted by Gasteiger charge is -2.29. The van der Waals surface area contributed by atoms with Gasteiger partial charge in [-0.15, -0.1) is 0 Å². The molecule has 76 valence electrons. The summed E-state index contributed by atoms with van der Waals surface area (Å²) in [5.74, 6) is 0.871. The molecule has 0 amide bonds. The molecule has 1 aliphatic rings. The van der Waals surface area contributed by atoms with Gasteiger partial charge in [0.25, 0.3) is 0 Å². The number of piperidine rings is 1. The monoisotopic (exact) mass is 189 g/mol. The molecule has 0 unspecified atom stereocenters. The Labute approximate surface area is 86.7 Å². The highest BCUT2D eigenvalue weighted by molar-refractivity contribution is 5.15. The van der Waals surface area contributed by atoms with E-state index in [0.717, 1.165) is 5.92 Å². The standard InChI is InChI=1S/C13H19N/c1-14-9-5-8-13(11-14)10-12-6-3-2-4-7-12/h2-4,6-7,13H,5,8-11H2,1H3/t13-/m0/s1. The second-order valence-electron chi connectivity index (χ2n) is 4.46. The molecule has 1 heterocycles. The summed E-state index contributed by atoms with van der Waals surface area (Å²) in [6.45, 7) is 2.56. The van der Waals surface area contributed by atoms with Crippen LogP contribution in [-0.4, -0.2) is 25.0 Å². The van der Waals surface area contributed by atoms with Crippen molar-refractivity contribution in [3.05, 3.63) is 35.9 Å². The molecule has 1 nitrogen and oxygen atoms in total. The molecule has 1 atom stereocenters. The highest BCUT2D eigenvalue weighted by Crippen LogP contribution is 2.19. The molecule has 1 heteroatoms. The first kappa shape index (κ1) is 9.72. The molecule has 2 rings (SSSR count). The van der Waals surface area contributed by atoms with Gasteiger partial charge in [-0.2, -0.15) is 0 Å². The first-order valence-electron chi connectivity index (χ1n) is 5.57. The minimum atomic E-state index is 0.871. The summed E-state index contributed by atoms with van der Waals surface area (Å²) in [7, 11) is 2.23. The van der Waals surface area contributed by atoms with E-state index in [1.807, 2.05) is 0 Å². The average molecular weight is 189 g/mol. The maximum atomic E-state index is 2.46. The molecule has 1 fully saturated rings. The van der Waals surface area contributed by atoms with Crippen molar-refractivity contribution in [1.29, 1.82) is 0 Å². The van der Waals surface area contributed by atoms with Crippen LogP contribution in [-0.2, 0) is 6.42 Å². The predicted molar refractivity (Wildman–Crippen MR) is 60.4 cm³/mol. The number of hydrogen-bond acceptors (Lipinski definition) is 1. The van der Waals surface area contributed by atoms with Crippen molar-refractivity contribution >= 4 is 0 Å². The Morgan fingerprint density at radius 3 is 2.79 bits per heavy atom. The lowest BCUT2D eigenvalue weighted by atomic mass is 9.92. The maximum Gasteiger partial charge on any atom is 0.000979 e. The minimum absolute atomic E-state index is 0.871. The Hall–Kier alpha value is -0.820. The van der Waals surface area contributed by atoms with Gasteiger partial charge in [-0.1, -0.05) is 30.3 Å². The molecule has 0 bridgehead atoms. The Balaban J connectivity index is 1.91. The lowest BCUT2D eigenvalue weighted by Crippen LogP contribution is -2.32. The van der Waals surface area contributed by atoms with E-state index in [4.69, 9.17) is 0 Å². The maximum absolute atomic E-state index is 2.46. The summed E-state index contributed by atoms with van der Waals surface area (Å²) in [5, 5.41) is 0. The molecule has 1 aromatic rings. The molecule has 0 radical (unpaired) electrons. The van der Waals surface area contributed by atoms with E-state index in [1.165, 1.54) is 37.9 Å². The zero-order valence-corrected chi connectivity index (χ0v) is 8.95. The SMILES string of the molecule is CN1CCC[C@@H](Cc2ccccc2)C1. The normalized spacial score (nSPS) is 23.6. The highest BCUT2D eigenvalue weighted by Gasteiger charge is 2.16. The average Bonchev–Trinajstić information content (AvgIpc) is 2.19. The predicted octanol–water partition coefficient (Wildman–Crippen LogP) is 2.57. The lowest BCUT2D eigenvalue weighted by molar-refractivity contribution is 0.209. The largest absolute Gasteiger partial charge is 0.306 e. The molecule has 0 aliphatic carbocycles. The van der Waals surface area contributed by atoms with Crippen molar-refractivity contribution in [2.24, 2.45) is 5.92 Å². The van der Waals surface area contributed by atoms with E-state index >= 15 is 0 Å². The quantitative estimate of drug-likeness (QED) is 0.691. The smallest absolute Gasteiger partial charge is 0.000979 e. The van der Waals surface area contributed by atoms with Gasteiger partial charge >= 0.3 is 0 Å². The molecule has 1 aliphatic heterocycles. The Morgan fingerprint density at radius 1 is 1.29 bits per heavy atom. The van der Waals surface area contributed by atoms with Crippen LogP contribution in [0.15, 0.2) is 30.3 Å². The van der Waals surface area contributed by atoms with Crippen LogP contribution in [0.2, 0.25) is 0 Å². The van der Waals surface area contributed by atoms with Crippen molar-refractivity contribution in [2.45, 2.75) is 19.3 Å². The molecule has 0 aromatic heterocycles. The third kappa shape index (κ3) is 2.58. The van der Waals surface area contributed by atoms with E-state index in [0.29, 0.717) is 0 Å². The summed E-state index contributed by atoms with van der Waals surface area (Å²) in [4.78, 5) is 2.46. The van der Waals surface area contributed by atoms with E-state index in [9.17, 15) is 0 Å². The van der Waals surface area contributed by atoms with Gasteiger partial charge in [0.05, 0.1) is 0 Å². The van der Waals surface area contributed by atoms with E-state index in [-0.39, 0.29) is 0 Å². The summed E-state index contributed by atoms with van der Waals surface area (Å²) in [6.07, 6.45) is 4.03. The molecular weight excluding hydrogens is 170 g/mol. The van der Waals surface area contributed by atoms with Crippen molar-refractivity contribution in [2.75, 3.05) is 20.1 Å². The van der Waals surface area contributed by atoms with Gasteiger partial charge < -0.3 is 4.90 Å². The van der Waals surface area contributed by atoms with Crippen molar-refractivity contribution in [3.63, 3.8) is 0 Å². The van der Waals surface area contributed by atoms with Gasteiger partial charge in [0.1, 0.15) is 0 Å². The zero-order valence-electron chi connectivity index (χ0n) is 8.95. The van der Waals surface area contributed by atoms with Gasteiger partial charge in [-0.3, -0.25) is 0 Å². The van der Waals surface area contributed by atoms with Crippen molar-refractivity contribution in [3.8, 4) is 0 Å². The van der Waals surface area contributed by atoms with Crippen LogP contribution in [0.3, 0.4) is 0 Å². The van der Waals surface area contributed by atoms with Crippen LogP contribution in [0.1, 0.15) is 18.4 Å². The Kier molecular flexibility index (Phi) is 3.20. The summed E-state index contributed by atoms with van der Waals surface area (Å²) in [5.41, 5.74) is 1.49.